The Balaban J connectivity index is 3.93. The molecule has 0 rings (SSSR count). The summed E-state index contributed by atoms with van der Waals surface area (Å²) in [7, 11) is 3.21. The molecule has 0 aromatic carbocycles. The van der Waals surface area contributed by atoms with E-state index in [1.807, 2.05) is 0 Å². The largest absolute Gasteiger partial charge is 0.344 e. The van der Waals surface area contributed by atoms with E-state index >= 15 is 0 Å². The first-order valence-corrected chi connectivity index (χ1v) is 3.11. The molecular weight excluding hydrogens is 156 g/mol. The molecule has 0 aliphatic rings. The van der Waals surface area contributed by atoms with Crippen molar-refractivity contribution in [3.05, 3.63) is 0 Å². The van der Waals surface area contributed by atoms with E-state index in [4.69, 9.17) is 0 Å². The van der Waals surface area contributed by atoms with Gasteiger partial charge in [0.05, 0.1) is 0 Å². The van der Waals surface area contributed by atoms with Crippen molar-refractivity contribution in [2.75, 3.05) is 14.1 Å². The molecule has 0 N–H and O–H groups in total. The summed E-state index contributed by atoms with van der Waals surface area (Å²) in [6, 6.07) is -0.352. The first-order chi connectivity index (χ1) is 4.04. The van der Waals surface area contributed by atoms with Crippen molar-refractivity contribution in [1.29, 1.82) is 0 Å². The lowest BCUT2D eigenvalue weighted by atomic mass is 10.8. The molecular formula is C4H8N2OS2. The fourth-order valence-corrected chi connectivity index (χ4v) is 0.357. The fraction of sp³-hybridized carbons (Fsp3) is 0.500. The van der Waals surface area contributed by atoms with Crippen LogP contribution < -0.4 is 0 Å². The predicted octanol–water partition coefficient (Wildman–Crippen LogP) is 0.884. The molecule has 52 valence electrons. The summed E-state index contributed by atoms with van der Waals surface area (Å²) in [4.78, 5) is 15.3. The second-order valence-electron chi connectivity index (χ2n) is 1.59. The highest BCUT2D eigenvalue weighted by molar-refractivity contribution is 8.23. The van der Waals surface area contributed by atoms with Crippen molar-refractivity contribution < 1.29 is 4.79 Å². The van der Waals surface area contributed by atoms with Crippen LogP contribution in [0.1, 0.15) is 0 Å². The van der Waals surface area contributed by atoms with E-state index < -0.39 is 0 Å². The van der Waals surface area contributed by atoms with E-state index in [0.717, 1.165) is 0 Å². The maximum absolute atomic E-state index is 10.6. The predicted molar refractivity (Wildman–Crippen MR) is 44.5 cm³/mol. The monoisotopic (exact) mass is 164 g/mol. The second kappa shape index (κ2) is 3.79. The van der Waals surface area contributed by atoms with Crippen LogP contribution >= 0.6 is 25.3 Å². The highest BCUT2D eigenvalue weighted by Crippen LogP contribution is 1.92. The Labute approximate surface area is 65.0 Å². The van der Waals surface area contributed by atoms with Crippen molar-refractivity contribution in [3.63, 3.8) is 0 Å². The topological polar surface area (TPSA) is 32.7 Å². The fourth-order valence-electron chi connectivity index (χ4n) is 0.186. The number of amides is 2. The van der Waals surface area contributed by atoms with Crippen molar-refractivity contribution in [2.45, 2.75) is 0 Å². The molecule has 0 aliphatic heterocycles. The van der Waals surface area contributed by atoms with Gasteiger partial charge in [-0.3, -0.25) is 0 Å². The Morgan fingerprint density at radius 2 is 1.89 bits per heavy atom. The molecule has 0 atom stereocenters. The molecule has 9 heavy (non-hydrogen) atoms. The minimum Gasteiger partial charge on any atom is -0.329 e. The van der Waals surface area contributed by atoms with Gasteiger partial charge in [0.2, 0.25) is 0 Å². The molecule has 0 aromatic heterocycles. The lowest BCUT2D eigenvalue weighted by Gasteiger charge is -2.03. The van der Waals surface area contributed by atoms with Crippen LogP contribution in [0.2, 0.25) is 0 Å². The van der Waals surface area contributed by atoms with Gasteiger partial charge >= 0.3 is 6.03 Å². The van der Waals surface area contributed by atoms with Gasteiger partial charge in [0.25, 0.3) is 0 Å². The van der Waals surface area contributed by atoms with Crippen molar-refractivity contribution in [3.8, 4) is 0 Å². The van der Waals surface area contributed by atoms with Gasteiger partial charge in [0, 0.05) is 14.1 Å². The van der Waals surface area contributed by atoms with Crippen LogP contribution in [-0.2, 0) is 0 Å². The minimum absolute atomic E-state index is 0.175. The normalized spacial score (nSPS) is 8.44. The van der Waals surface area contributed by atoms with Gasteiger partial charge < -0.3 is 4.90 Å². The summed E-state index contributed by atoms with van der Waals surface area (Å²) < 4.78 is 0.175. The number of aliphatic imine (C=N–C) groups is 1. The third-order valence-corrected chi connectivity index (χ3v) is 0.778. The first kappa shape index (κ1) is 8.84. The highest BCUT2D eigenvalue weighted by Gasteiger charge is 1.98. The van der Waals surface area contributed by atoms with Gasteiger partial charge in [0.1, 0.15) is 4.38 Å². The molecule has 0 spiro atoms. The molecule has 0 radical (unpaired) electrons. The third-order valence-electron chi connectivity index (χ3n) is 0.578. The van der Waals surface area contributed by atoms with Gasteiger partial charge in [-0.2, -0.15) is 4.99 Å². The number of hydrogen-bond acceptors (Lipinski definition) is 1. The quantitative estimate of drug-likeness (QED) is 0.311. The smallest absolute Gasteiger partial charge is 0.329 e. The zero-order chi connectivity index (χ0) is 7.44. The number of carbonyl (C=O) groups is 1. The maximum Gasteiger partial charge on any atom is 0.344 e. The van der Waals surface area contributed by atoms with Crippen LogP contribution in [0, 0.1) is 0 Å². The summed E-state index contributed by atoms with van der Waals surface area (Å²) in [5.74, 6) is 0. The molecule has 0 fully saturated rings. The lowest BCUT2D eigenvalue weighted by Crippen LogP contribution is -2.17. The molecule has 0 saturated carbocycles. The zero-order valence-electron chi connectivity index (χ0n) is 5.20. The summed E-state index contributed by atoms with van der Waals surface area (Å²) in [6.45, 7) is 0. The van der Waals surface area contributed by atoms with Crippen LogP contribution in [0.15, 0.2) is 4.99 Å². The van der Waals surface area contributed by atoms with Gasteiger partial charge in [-0.05, 0) is 0 Å². The highest BCUT2D eigenvalue weighted by atomic mass is 32.2. The Morgan fingerprint density at radius 3 is 2.00 bits per heavy atom. The number of nitrogens with zero attached hydrogens (tertiary/aromatic N) is 2. The summed E-state index contributed by atoms with van der Waals surface area (Å²) in [5, 5.41) is 0. The molecule has 0 unspecified atom stereocenters. The van der Waals surface area contributed by atoms with Gasteiger partial charge in [-0.15, -0.1) is 25.3 Å². The van der Waals surface area contributed by atoms with Crippen molar-refractivity contribution in [2.24, 2.45) is 4.99 Å². The van der Waals surface area contributed by atoms with E-state index in [0.29, 0.717) is 0 Å². The molecule has 0 aliphatic carbocycles. The van der Waals surface area contributed by atoms with Crippen LogP contribution in [-0.4, -0.2) is 29.4 Å². The Bertz CT molecular complexity index is 140. The molecule has 5 heteroatoms. The average Bonchev–Trinajstić information content (AvgIpc) is 1.63. The summed E-state index contributed by atoms with van der Waals surface area (Å²) in [5.41, 5.74) is 0. The SMILES string of the molecule is CN(C)C(=O)N=C(S)S. The molecule has 2 amide bonds. The van der Waals surface area contributed by atoms with Gasteiger partial charge in [0.15, 0.2) is 0 Å². The molecule has 0 heterocycles. The number of carbonyl (C=O) groups excluding carboxylic acids is 1. The van der Waals surface area contributed by atoms with Gasteiger partial charge in [-0.25, -0.2) is 4.79 Å². The van der Waals surface area contributed by atoms with E-state index in [1.54, 1.807) is 14.1 Å². The number of hydrogen-bond donors (Lipinski definition) is 2. The van der Waals surface area contributed by atoms with E-state index in [9.17, 15) is 4.79 Å². The number of rotatable bonds is 0. The van der Waals surface area contributed by atoms with Crippen LogP contribution in [0.25, 0.3) is 0 Å². The Morgan fingerprint density at radius 1 is 1.44 bits per heavy atom. The number of thiol groups is 2. The van der Waals surface area contributed by atoms with Crippen molar-refractivity contribution >= 4 is 35.7 Å². The van der Waals surface area contributed by atoms with Gasteiger partial charge in [-0.1, -0.05) is 0 Å². The van der Waals surface area contributed by atoms with E-state index in [1.165, 1.54) is 4.90 Å². The van der Waals surface area contributed by atoms with E-state index in [-0.39, 0.29) is 10.4 Å². The third kappa shape index (κ3) is 4.35. The Hall–Kier alpha value is -0.160. The van der Waals surface area contributed by atoms with Crippen LogP contribution in [0.3, 0.4) is 0 Å². The van der Waals surface area contributed by atoms with E-state index in [2.05, 4.69) is 30.2 Å². The molecule has 0 aromatic rings. The first-order valence-electron chi connectivity index (χ1n) is 2.22. The minimum atomic E-state index is -0.352. The van der Waals surface area contributed by atoms with Crippen LogP contribution in [0.4, 0.5) is 4.79 Å². The zero-order valence-corrected chi connectivity index (χ0v) is 6.99. The lowest BCUT2D eigenvalue weighted by molar-refractivity contribution is 0.227. The van der Waals surface area contributed by atoms with Crippen LogP contribution in [0.5, 0.6) is 0 Å². The maximum atomic E-state index is 10.6. The average molecular weight is 164 g/mol. The summed E-state index contributed by atoms with van der Waals surface area (Å²) in [6.07, 6.45) is 0. The molecule has 3 nitrogen and oxygen atoms in total. The second-order valence-corrected chi connectivity index (χ2v) is 2.79. The summed E-state index contributed by atoms with van der Waals surface area (Å²) >= 11 is 7.40. The molecule has 0 bridgehead atoms. The molecule has 0 saturated heterocycles. The Kier molecular flexibility index (Phi) is 3.72. The standard InChI is InChI=1S/C4H8N2OS2/c1-6(2)3(7)5-4(8)9/h1-2H3,(H2,5,7,8,9). The number of urea groups is 1. The van der Waals surface area contributed by atoms with Crippen molar-refractivity contribution in [1.82, 2.24) is 4.90 Å².